The number of nitrogens with one attached hydrogen (secondary N) is 1. The average Bonchev–Trinajstić information content (AvgIpc) is 3.16. The first-order chi connectivity index (χ1) is 13.0. The molecule has 0 bridgehead atoms. The van der Waals surface area contributed by atoms with E-state index in [1.807, 2.05) is 36.4 Å². The van der Waals surface area contributed by atoms with Gasteiger partial charge in [-0.1, -0.05) is 18.2 Å². The van der Waals surface area contributed by atoms with E-state index in [-0.39, 0.29) is 17.7 Å². The van der Waals surface area contributed by atoms with Crippen LogP contribution in [0, 0.1) is 0 Å². The van der Waals surface area contributed by atoms with E-state index in [0.717, 1.165) is 10.5 Å². The summed E-state index contributed by atoms with van der Waals surface area (Å²) in [5.74, 6) is 0.859. The summed E-state index contributed by atoms with van der Waals surface area (Å²) in [6.07, 6.45) is 2.76. The van der Waals surface area contributed by atoms with Crippen LogP contribution >= 0.6 is 11.8 Å². The van der Waals surface area contributed by atoms with E-state index in [0.29, 0.717) is 37.4 Å². The van der Waals surface area contributed by atoms with Crippen LogP contribution < -0.4 is 5.32 Å². The lowest BCUT2D eigenvalue weighted by molar-refractivity contribution is 0.0894. The number of hydrogen-bond donors (Lipinski definition) is 1. The largest absolute Gasteiger partial charge is 0.459 e. The molecule has 1 saturated heterocycles. The van der Waals surface area contributed by atoms with Crippen LogP contribution in [0.15, 0.2) is 52.0 Å². The van der Waals surface area contributed by atoms with Gasteiger partial charge in [-0.15, -0.1) is 11.8 Å². The summed E-state index contributed by atoms with van der Waals surface area (Å²) >= 11 is 1.65. The average molecular weight is 409 g/mol. The summed E-state index contributed by atoms with van der Waals surface area (Å²) < 4.78 is 30.8. The fourth-order valence-electron chi connectivity index (χ4n) is 3.04. The van der Waals surface area contributed by atoms with E-state index in [1.165, 1.54) is 10.6 Å². The Balaban J connectivity index is 1.54. The molecule has 3 rings (SSSR count). The molecule has 1 aromatic carbocycles. The van der Waals surface area contributed by atoms with Crippen LogP contribution in [0.4, 0.5) is 0 Å². The van der Waals surface area contributed by atoms with E-state index < -0.39 is 10.0 Å². The highest BCUT2D eigenvalue weighted by Gasteiger charge is 2.28. The van der Waals surface area contributed by atoms with Crippen molar-refractivity contribution in [2.24, 2.45) is 0 Å². The molecule has 2 aromatic rings. The SMILES string of the molecule is CCS(=O)(=O)N1CCC(NC(=O)c2occc2CSc2ccccc2)CC1. The van der Waals surface area contributed by atoms with Crippen molar-refractivity contribution >= 4 is 27.7 Å². The summed E-state index contributed by atoms with van der Waals surface area (Å²) in [6.45, 7) is 2.53. The normalized spacial score (nSPS) is 16.3. The quantitative estimate of drug-likeness (QED) is 0.712. The fraction of sp³-hybridized carbons (Fsp3) is 0.421. The zero-order valence-corrected chi connectivity index (χ0v) is 16.9. The van der Waals surface area contributed by atoms with Gasteiger partial charge in [0.1, 0.15) is 0 Å². The second-order valence-electron chi connectivity index (χ2n) is 6.42. The molecule has 2 heterocycles. The Morgan fingerprint density at radius 3 is 2.59 bits per heavy atom. The number of sulfonamides is 1. The highest BCUT2D eigenvalue weighted by molar-refractivity contribution is 7.98. The molecule has 146 valence electrons. The Morgan fingerprint density at radius 2 is 1.93 bits per heavy atom. The Hall–Kier alpha value is -1.77. The molecule has 1 amide bonds. The maximum absolute atomic E-state index is 12.6. The summed E-state index contributed by atoms with van der Waals surface area (Å²) in [4.78, 5) is 13.7. The third-order valence-corrected chi connectivity index (χ3v) is 7.58. The van der Waals surface area contributed by atoms with Gasteiger partial charge < -0.3 is 9.73 Å². The molecule has 0 radical (unpaired) electrons. The minimum absolute atomic E-state index is 0.0412. The van der Waals surface area contributed by atoms with Crippen LogP contribution in [0.25, 0.3) is 0 Å². The molecule has 0 aliphatic carbocycles. The minimum atomic E-state index is -3.16. The van der Waals surface area contributed by atoms with Crippen LogP contribution in [-0.4, -0.2) is 43.5 Å². The Morgan fingerprint density at radius 1 is 1.22 bits per heavy atom. The first-order valence-electron chi connectivity index (χ1n) is 9.02. The van der Waals surface area contributed by atoms with Gasteiger partial charge in [-0.3, -0.25) is 4.79 Å². The number of furan rings is 1. The smallest absolute Gasteiger partial charge is 0.287 e. The number of nitrogens with zero attached hydrogens (tertiary/aromatic N) is 1. The number of carbonyl (C=O) groups is 1. The lowest BCUT2D eigenvalue weighted by Crippen LogP contribution is -2.46. The first-order valence-corrected chi connectivity index (χ1v) is 11.6. The Labute approximate surface area is 164 Å². The monoisotopic (exact) mass is 408 g/mol. The number of carbonyl (C=O) groups excluding carboxylic acids is 1. The number of piperidine rings is 1. The molecule has 1 N–H and O–H groups in total. The predicted molar refractivity (Wildman–Crippen MR) is 106 cm³/mol. The molecule has 0 atom stereocenters. The summed E-state index contributed by atoms with van der Waals surface area (Å²) in [5, 5.41) is 2.99. The van der Waals surface area contributed by atoms with Crippen molar-refractivity contribution in [1.29, 1.82) is 0 Å². The van der Waals surface area contributed by atoms with Gasteiger partial charge in [0.25, 0.3) is 5.91 Å². The van der Waals surface area contributed by atoms with Crippen molar-refractivity contribution < 1.29 is 17.6 Å². The molecule has 1 aromatic heterocycles. The Kier molecular flexibility index (Phi) is 6.62. The van der Waals surface area contributed by atoms with Gasteiger partial charge >= 0.3 is 0 Å². The standard InChI is InChI=1S/C19H24N2O4S2/c1-2-27(23,24)21-11-8-16(9-12-21)20-19(22)18-15(10-13-25-18)14-26-17-6-4-3-5-7-17/h3-7,10,13,16H,2,8-9,11-12,14H2,1H3,(H,20,22). The van der Waals surface area contributed by atoms with E-state index in [4.69, 9.17) is 4.42 Å². The van der Waals surface area contributed by atoms with Crippen LogP contribution in [-0.2, 0) is 15.8 Å². The molecule has 0 saturated carbocycles. The van der Waals surface area contributed by atoms with E-state index in [9.17, 15) is 13.2 Å². The molecule has 27 heavy (non-hydrogen) atoms. The highest BCUT2D eigenvalue weighted by atomic mass is 32.2. The van der Waals surface area contributed by atoms with Crippen molar-refractivity contribution in [1.82, 2.24) is 9.62 Å². The number of rotatable bonds is 7. The molecule has 6 nitrogen and oxygen atoms in total. The third kappa shape index (κ3) is 5.15. The maximum Gasteiger partial charge on any atom is 0.287 e. The number of amides is 1. The summed E-state index contributed by atoms with van der Waals surface area (Å²) in [7, 11) is -3.16. The van der Waals surface area contributed by atoms with E-state index in [1.54, 1.807) is 18.7 Å². The van der Waals surface area contributed by atoms with Gasteiger partial charge in [0.2, 0.25) is 10.0 Å². The van der Waals surface area contributed by atoms with Crippen molar-refractivity contribution in [3.63, 3.8) is 0 Å². The lowest BCUT2D eigenvalue weighted by atomic mass is 10.1. The summed E-state index contributed by atoms with van der Waals surface area (Å²) in [6, 6.07) is 11.8. The van der Waals surface area contributed by atoms with Crippen molar-refractivity contribution in [3.05, 3.63) is 54.0 Å². The molecule has 1 fully saturated rings. The minimum Gasteiger partial charge on any atom is -0.459 e. The molecule has 0 spiro atoms. The van der Waals surface area contributed by atoms with Crippen LogP contribution in [0.3, 0.4) is 0 Å². The molecular weight excluding hydrogens is 384 g/mol. The topological polar surface area (TPSA) is 79.6 Å². The van der Waals surface area contributed by atoms with E-state index in [2.05, 4.69) is 5.32 Å². The second-order valence-corrected chi connectivity index (χ2v) is 9.73. The van der Waals surface area contributed by atoms with Crippen molar-refractivity contribution in [2.45, 2.75) is 36.5 Å². The molecule has 8 heteroatoms. The number of benzene rings is 1. The number of hydrogen-bond acceptors (Lipinski definition) is 5. The third-order valence-electron chi connectivity index (χ3n) is 4.64. The fourth-order valence-corrected chi connectivity index (χ4v) is 5.07. The lowest BCUT2D eigenvalue weighted by Gasteiger charge is -2.31. The van der Waals surface area contributed by atoms with Gasteiger partial charge in [-0.05, 0) is 38.0 Å². The van der Waals surface area contributed by atoms with Crippen LogP contribution in [0.5, 0.6) is 0 Å². The molecular formula is C19H24N2O4S2. The predicted octanol–water partition coefficient (Wildman–Crippen LogP) is 3.12. The van der Waals surface area contributed by atoms with Gasteiger partial charge in [0.05, 0.1) is 12.0 Å². The zero-order chi connectivity index (χ0) is 19.3. The number of thioether (sulfide) groups is 1. The zero-order valence-electron chi connectivity index (χ0n) is 15.3. The van der Waals surface area contributed by atoms with Gasteiger partial charge in [0, 0.05) is 35.3 Å². The van der Waals surface area contributed by atoms with Gasteiger partial charge in [-0.2, -0.15) is 0 Å². The van der Waals surface area contributed by atoms with Gasteiger partial charge in [0.15, 0.2) is 5.76 Å². The molecule has 1 aliphatic rings. The van der Waals surface area contributed by atoms with Crippen molar-refractivity contribution in [3.8, 4) is 0 Å². The van der Waals surface area contributed by atoms with Crippen LogP contribution in [0.2, 0.25) is 0 Å². The van der Waals surface area contributed by atoms with E-state index >= 15 is 0 Å². The Bertz CT molecular complexity index is 857. The van der Waals surface area contributed by atoms with Gasteiger partial charge in [-0.25, -0.2) is 12.7 Å². The molecule has 0 unspecified atom stereocenters. The summed E-state index contributed by atoms with van der Waals surface area (Å²) in [5.41, 5.74) is 0.854. The maximum atomic E-state index is 12.6. The second kappa shape index (κ2) is 8.95. The van der Waals surface area contributed by atoms with Crippen molar-refractivity contribution in [2.75, 3.05) is 18.8 Å². The van der Waals surface area contributed by atoms with Crippen LogP contribution in [0.1, 0.15) is 35.9 Å². The first kappa shape index (κ1) is 20.0. The molecule has 1 aliphatic heterocycles. The highest BCUT2D eigenvalue weighted by Crippen LogP contribution is 2.25.